The Labute approximate surface area is 191 Å². The summed E-state index contributed by atoms with van der Waals surface area (Å²) >= 11 is 0. The van der Waals surface area contributed by atoms with Gasteiger partial charge in [-0.05, 0) is 44.4 Å². The zero-order valence-electron chi connectivity index (χ0n) is 18.3. The van der Waals surface area contributed by atoms with Crippen LogP contribution in [0.5, 0.6) is 0 Å². The minimum atomic E-state index is -3.04. The molecule has 0 aromatic carbocycles. The fraction of sp³-hybridized carbons (Fsp3) is 0.364. The number of rotatable bonds is 7. The maximum absolute atomic E-state index is 13.4. The number of hydrogen-bond donors (Lipinski definition) is 1. The van der Waals surface area contributed by atoms with Gasteiger partial charge in [0.05, 0.1) is 5.54 Å². The van der Waals surface area contributed by atoms with Crippen LogP contribution in [0.3, 0.4) is 0 Å². The molecule has 1 amide bonds. The second kappa shape index (κ2) is 10.3. The summed E-state index contributed by atoms with van der Waals surface area (Å²) in [4.78, 5) is 21.2. The van der Waals surface area contributed by atoms with Gasteiger partial charge in [0.15, 0.2) is 5.82 Å². The molecule has 33 heavy (non-hydrogen) atoms. The molecular weight excluding hydrogens is 457 g/mol. The van der Waals surface area contributed by atoms with Gasteiger partial charge in [-0.15, -0.1) is 12.8 Å². The highest BCUT2D eigenvalue weighted by molar-refractivity contribution is 7.18. The van der Waals surface area contributed by atoms with Crippen LogP contribution in [0.25, 0.3) is 5.57 Å². The van der Waals surface area contributed by atoms with Crippen LogP contribution in [-0.4, -0.2) is 31.3 Å². The molecule has 1 saturated carbocycles. The predicted octanol–water partition coefficient (Wildman–Crippen LogP) is 4.63. The summed E-state index contributed by atoms with van der Waals surface area (Å²) in [5.41, 5.74) is -3.24. The quantitative estimate of drug-likeness (QED) is 0.271. The average molecular weight is 481 g/mol. The number of nitrogens with one attached hydrogen (secondary N) is 1. The van der Waals surface area contributed by atoms with E-state index < -0.39 is 29.2 Å². The van der Waals surface area contributed by atoms with Crippen molar-refractivity contribution in [3.05, 3.63) is 59.0 Å². The molecule has 1 aliphatic carbocycles. The number of alkyl halides is 4. The van der Waals surface area contributed by atoms with E-state index in [2.05, 4.69) is 33.2 Å². The van der Waals surface area contributed by atoms with Crippen LogP contribution in [0.1, 0.15) is 60.7 Å². The molecular formula is C22H24F4N5OP. The normalized spacial score (nSPS) is 15.6. The van der Waals surface area contributed by atoms with E-state index in [9.17, 15) is 22.4 Å². The van der Waals surface area contributed by atoms with Crippen molar-refractivity contribution in [1.29, 1.82) is 0 Å². The molecule has 6 nitrogen and oxygen atoms in total. The fourth-order valence-electron chi connectivity index (χ4n) is 3.03. The Kier molecular flexibility index (Phi) is 8.15. The van der Waals surface area contributed by atoms with E-state index in [1.165, 1.54) is 41.7 Å². The number of hydrogen-bond acceptors (Lipinski definition) is 4. The van der Waals surface area contributed by atoms with E-state index in [4.69, 9.17) is 0 Å². The summed E-state index contributed by atoms with van der Waals surface area (Å²) < 4.78 is 53.7. The maximum atomic E-state index is 13.4. The summed E-state index contributed by atoms with van der Waals surface area (Å²) in [6.07, 6.45) is 12.5. The predicted molar refractivity (Wildman–Crippen MR) is 121 cm³/mol. The van der Waals surface area contributed by atoms with Crippen LogP contribution in [0.15, 0.2) is 36.2 Å². The number of aryl methyl sites for hydroxylation is 1. The SMILES string of the molecule is C#C.C/C=C(\C=C(/C)C(F)(F)P)c1ncc(C2(NC(=O)c3cc(C(F)F)nn3C)CC2)cn1. The minimum Gasteiger partial charge on any atom is -0.341 e. The van der Waals surface area contributed by atoms with Crippen molar-refractivity contribution < 1.29 is 22.4 Å². The fourth-order valence-corrected chi connectivity index (χ4v) is 3.11. The Balaban J connectivity index is 0.00000187. The van der Waals surface area contributed by atoms with Crippen molar-refractivity contribution in [2.24, 2.45) is 7.05 Å². The highest BCUT2D eigenvalue weighted by Crippen LogP contribution is 2.45. The van der Waals surface area contributed by atoms with E-state index in [0.29, 0.717) is 24.0 Å². The van der Waals surface area contributed by atoms with E-state index in [0.717, 1.165) is 10.7 Å². The Hall–Kier alpha value is -3.05. The van der Waals surface area contributed by atoms with E-state index in [1.807, 2.05) is 0 Å². The van der Waals surface area contributed by atoms with Crippen LogP contribution >= 0.6 is 9.24 Å². The molecule has 0 saturated heterocycles. The summed E-state index contributed by atoms with van der Waals surface area (Å²) in [7, 11) is 2.91. The molecule has 11 heteroatoms. The zero-order valence-corrected chi connectivity index (χ0v) is 19.5. The largest absolute Gasteiger partial charge is 0.341 e. The number of allylic oxidation sites excluding steroid dienone is 4. The van der Waals surface area contributed by atoms with Crippen molar-refractivity contribution in [1.82, 2.24) is 25.1 Å². The van der Waals surface area contributed by atoms with Crippen LogP contribution in [0, 0.1) is 12.8 Å². The molecule has 0 radical (unpaired) electrons. The Bertz CT molecular complexity index is 1080. The monoisotopic (exact) mass is 481 g/mol. The van der Waals surface area contributed by atoms with Gasteiger partial charge in [-0.3, -0.25) is 9.48 Å². The number of carbonyl (C=O) groups is 1. The van der Waals surface area contributed by atoms with Crippen molar-refractivity contribution in [3.8, 4) is 12.8 Å². The van der Waals surface area contributed by atoms with Crippen molar-refractivity contribution in [2.75, 3.05) is 0 Å². The molecule has 2 aromatic heterocycles. The van der Waals surface area contributed by atoms with E-state index >= 15 is 0 Å². The summed E-state index contributed by atoms with van der Waals surface area (Å²) in [5, 5.41) is 6.50. The van der Waals surface area contributed by atoms with Crippen LogP contribution < -0.4 is 5.32 Å². The molecule has 1 N–H and O–H groups in total. The smallest absolute Gasteiger partial charge is 0.282 e. The summed E-state index contributed by atoms with van der Waals surface area (Å²) in [5.74, 6) is -0.256. The van der Waals surface area contributed by atoms with Gasteiger partial charge >= 0.3 is 0 Å². The number of nitrogens with zero attached hydrogens (tertiary/aromatic N) is 4. The van der Waals surface area contributed by atoms with Crippen LogP contribution in [0.4, 0.5) is 17.6 Å². The van der Waals surface area contributed by atoms with E-state index in [1.54, 1.807) is 13.0 Å². The molecule has 2 aromatic rings. The van der Waals surface area contributed by atoms with Gasteiger partial charge < -0.3 is 5.32 Å². The molecule has 2 heterocycles. The zero-order chi connectivity index (χ0) is 25.0. The molecule has 1 atom stereocenters. The number of halogens is 4. The molecule has 1 unspecified atom stereocenters. The lowest BCUT2D eigenvalue weighted by Gasteiger charge is -2.17. The third-order valence-corrected chi connectivity index (χ3v) is 5.58. The average Bonchev–Trinajstić information content (AvgIpc) is 3.44. The van der Waals surface area contributed by atoms with Crippen molar-refractivity contribution in [2.45, 2.75) is 44.3 Å². The van der Waals surface area contributed by atoms with Gasteiger partial charge in [-0.25, -0.2) is 18.7 Å². The van der Waals surface area contributed by atoms with Gasteiger partial charge in [-0.1, -0.05) is 15.3 Å². The summed E-state index contributed by atoms with van der Waals surface area (Å²) in [6, 6.07) is 1.06. The number of terminal acetylenes is 1. The van der Waals surface area contributed by atoms with Crippen molar-refractivity contribution >= 4 is 20.7 Å². The lowest BCUT2D eigenvalue weighted by Crippen LogP contribution is -2.36. The third-order valence-electron chi connectivity index (χ3n) is 5.13. The number of amides is 1. The Morgan fingerprint density at radius 2 is 1.88 bits per heavy atom. The first-order chi connectivity index (χ1) is 15.5. The van der Waals surface area contributed by atoms with Gasteiger partial charge in [-0.2, -0.15) is 13.9 Å². The number of aromatic nitrogens is 4. The molecule has 1 aliphatic rings. The van der Waals surface area contributed by atoms with E-state index in [-0.39, 0.29) is 17.1 Å². The lowest BCUT2D eigenvalue weighted by molar-refractivity contribution is 0.0921. The molecule has 176 valence electrons. The molecule has 0 spiro atoms. The molecule has 0 aliphatic heterocycles. The summed E-state index contributed by atoms with van der Waals surface area (Å²) in [6.45, 7) is 3.01. The molecule has 3 rings (SSSR count). The van der Waals surface area contributed by atoms with Gasteiger partial charge in [0.1, 0.15) is 11.4 Å². The van der Waals surface area contributed by atoms with Gasteiger partial charge in [0.25, 0.3) is 18.0 Å². The lowest BCUT2D eigenvalue weighted by atomic mass is 10.1. The first-order valence-corrected chi connectivity index (χ1v) is 10.4. The first-order valence-electron chi connectivity index (χ1n) is 9.79. The standard InChI is InChI=1S/C20H22F4N5OP.C2H2/c1-4-12(7-11(2)20(23,24)31)17-25-9-13(10-26-17)19(5-6-19)27-18(30)15-8-14(16(21)22)28-29(15)3;1-2/h4,7-10,16H,5-6,31H2,1-3H3,(H,27,30);1-2H/b11-7+,12-4+;. The number of carbonyl (C=O) groups excluding carboxylic acids is 1. The second-order valence-corrected chi connectivity index (χ2v) is 8.13. The molecule has 0 bridgehead atoms. The molecule has 1 fully saturated rings. The Morgan fingerprint density at radius 1 is 1.30 bits per heavy atom. The highest BCUT2D eigenvalue weighted by Gasteiger charge is 2.46. The minimum absolute atomic E-state index is 0.0225. The Morgan fingerprint density at radius 3 is 2.30 bits per heavy atom. The maximum Gasteiger partial charge on any atom is 0.282 e. The first kappa shape index (κ1) is 26.2. The van der Waals surface area contributed by atoms with Crippen LogP contribution in [0.2, 0.25) is 0 Å². The second-order valence-electron chi connectivity index (χ2n) is 7.40. The third kappa shape index (κ3) is 6.05. The topological polar surface area (TPSA) is 72.7 Å². The van der Waals surface area contributed by atoms with Gasteiger partial charge in [0.2, 0.25) is 0 Å². The highest BCUT2D eigenvalue weighted by atomic mass is 31.0. The van der Waals surface area contributed by atoms with Gasteiger partial charge in [0, 0.05) is 30.6 Å². The van der Waals surface area contributed by atoms with Crippen LogP contribution in [-0.2, 0) is 12.6 Å². The van der Waals surface area contributed by atoms with Crippen molar-refractivity contribution in [3.63, 3.8) is 0 Å².